The molecule has 0 radical (unpaired) electrons. The van der Waals surface area contributed by atoms with Crippen LogP contribution in [-0.2, 0) is 5.41 Å². The summed E-state index contributed by atoms with van der Waals surface area (Å²) in [6.07, 6.45) is 0. The Morgan fingerprint density at radius 3 is 1.46 bits per heavy atom. The van der Waals surface area contributed by atoms with Crippen LogP contribution in [0.4, 0.5) is 17.1 Å². The van der Waals surface area contributed by atoms with Crippen molar-refractivity contribution in [1.82, 2.24) is 0 Å². The third kappa shape index (κ3) is 4.39. The van der Waals surface area contributed by atoms with Crippen LogP contribution in [0.5, 0.6) is 0 Å². The van der Waals surface area contributed by atoms with Gasteiger partial charge in [-0.2, -0.15) is 0 Å². The molecule has 252 valence electrons. The summed E-state index contributed by atoms with van der Waals surface area (Å²) in [7, 11) is 0. The van der Waals surface area contributed by atoms with Crippen LogP contribution in [0.25, 0.3) is 55.3 Å². The van der Waals surface area contributed by atoms with E-state index in [2.05, 4.69) is 217 Å². The van der Waals surface area contributed by atoms with E-state index in [9.17, 15) is 0 Å². The molecule has 0 saturated carbocycles. The van der Waals surface area contributed by atoms with E-state index >= 15 is 0 Å². The van der Waals surface area contributed by atoms with Gasteiger partial charge in [-0.1, -0.05) is 182 Å². The van der Waals surface area contributed by atoms with Crippen molar-refractivity contribution in [3.63, 3.8) is 0 Å². The molecule has 0 heterocycles. The first-order valence-electron chi connectivity index (χ1n) is 18.8. The van der Waals surface area contributed by atoms with E-state index in [1.54, 1.807) is 0 Å². The minimum Gasteiger partial charge on any atom is -0.310 e. The number of para-hydroxylation sites is 1. The van der Waals surface area contributed by atoms with Gasteiger partial charge in [-0.3, -0.25) is 0 Å². The third-order valence-electron chi connectivity index (χ3n) is 11.7. The van der Waals surface area contributed by atoms with Gasteiger partial charge in [0.05, 0.1) is 11.1 Å². The molecular weight excluding hydrogens is 651 g/mol. The van der Waals surface area contributed by atoms with Crippen LogP contribution in [0.15, 0.2) is 212 Å². The molecule has 0 saturated heterocycles. The Labute approximate surface area is 316 Å². The van der Waals surface area contributed by atoms with Crippen LogP contribution >= 0.6 is 0 Å². The molecule has 0 N–H and O–H groups in total. The van der Waals surface area contributed by atoms with Crippen LogP contribution in [0.3, 0.4) is 0 Å². The summed E-state index contributed by atoms with van der Waals surface area (Å²) in [6.45, 7) is 0. The Morgan fingerprint density at radius 2 is 0.778 bits per heavy atom. The number of rotatable bonds is 5. The maximum atomic E-state index is 2.48. The zero-order valence-corrected chi connectivity index (χ0v) is 29.7. The van der Waals surface area contributed by atoms with Gasteiger partial charge in [0, 0.05) is 16.9 Å². The van der Waals surface area contributed by atoms with Crippen molar-refractivity contribution in [1.29, 1.82) is 0 Å². The summed E-state index contributed by atoms with van der Waals surface area (Å²) >= 11 is 0. The molecular formula is C53H35N. The maximum Gasteiger partial charge on any atom is 0.0726 e. The normalized spacial score (nSPS) is 13.0. The molecule has 54 heavy (non-hydrogen) atoms. The summed E-state index contributed by atoms with van der Waals surface area (Å²) < 4.78 is 0. The number of fused-ring (bicyclic) bond motifs is 11. The highest BCUT2D eigenvalue weighted by atomic mass is 15.1. The van der Waals surface area contributed by atoms with Gasteiger partial charge >= 0.3 is 0 Å². The lowest BCUT2D eigenvalue weighted by Gasteiger charge is -2.32. The van der Waals surface area contributed by atoms with Crippen LogP contribution in [0, 0.1) is 0 Å². The molecule has 9 aromatic carbocycles. The lowest BCUT2D eigenvalue weighted by molar-refractivity contribution is 0.793. The number of benzene rings is 9. The average molecular weight is 686 g/mol. The molecule has 1 heteroatoms. The van der Waals surface area contributed by atoms with Gasteiger partial charge in [-0.25, -0.2) is 0 Å². The standard InChI is InChI=1S/C53H35N/c1-2-15-37(16-3-1)43-20-9-13-28-52(43)54(39-31-29-38(30-32-39)42-24-14-18-36-17-4-5-19-41(36)42)40-33-34-47-46-23-8-12-27-50(46)53(51(47)35-40)48-25-10-6-21-44(48)45-22-7-11-26-49(45)53/h1-35H. The highest BCUT2D eigenvalue weighted by molar-refractivity contribution is 5.99. The van der Waals surface area contributed by atoms with E-state index in [1.807, 2.05) is 0 Å². The molecule has 2 aliphatic rings. The predicted octanol–water partition coefficient (Wildman–Crippen LogP) is 14.0. The van der Waals surface area contributed by atoms with Gasteiger partial charge in [-0.05, 0) is 102 Å². The fraction of sp³-hybridized carbons (Fsp3) is 0.0189. The van der Waals surface area contributed by atoms with Crippen LogP contribution < -0.4 is 4.90 Å². The fourth-order valence-electron chi connectivity index (χ4n) is 9.45. The molecule has 0 amide bonds. The lowest BCUT2D eigenvalue weighted by Crippen LogP contribution is -2.26. The molecule has 11 rings (SSSR count). The number of hydrogen-bond acceptors (Lipinski definition) is 1. The van der Waals surface area contributed by atoms with Gasteiger partial charge in [0.15, 0.2) is 0 Å². The van der Waals surface area contributed by atoms with Gasteiger partial charge in [0.1, 0.15) is 0 Å². The summed E-state index contributed by atoms with van der Waals surface area (Å²) in [4.78, 5) is 2.46. The predicted molar refractivity (Wildman–Crippen MR) is 226 cm³/mol. The third-order valence-corrected chi connectivity index (χ3v) is 11.7. The molecule has 1 nitrogen and oxygen atoms in total. The molecule has 0 unspecified atom stereocenters. The molecule has 1 spiro atoms. The molecule has 0 fully saturated rings. The van der Waals surface area contributed by atoms with E-state index in [4.69, 9.17) is 0 Å². The van der Waals surface area contributed by atoms with Crippen molar-refractivity contribution in [3.8, 4) is 44.5 Å². The molecule has 0 aromatic heterocycles. The lowest BCUT2D eigenvalue weighted by atomic mass is 9.70. The van der Waals surface area contributed by atoms with Gasteiger partial charge < -0.3 is 4.90 Å². The Hall–Kier alpha value is -6.96. The molecule has 9 aromatic rings. The molecule has 2 aliphatic carbocycles. The van der Waals surface area contributed by atoms with Crippen molar-refractivity contribution < 1.29 is 0 Å². The quantitative estimate of drug-likeness (QED) is 0.174. The van der Waals surface area contributed by atoms with Crippen molar-refractivity contribution in [3.05, 3.63) is 235 Å². The first-order chi connectivity index (χ1) is 26.8. The number of nitrogens with zero attached hydrogens (tertiary/aromatic N) is 1. The smallest absolute Gasteiger partial charge is 0.0726 e. The number of anilines is 3. The Balaban J connectivity index is 1.15. The monoisotopic (exact) mass is 685 g/mol. The van der Waals surface area contributed by atoms with Crippen molar-refractivity contribution >= 4 is 27.8 Å². The highest BCUT2D eigenvalue weighted by Crippen LogP contribution is 2.63. The summed E-state index contributed by atoms with van der Waals surface area (Å²) in [5, 5.41) is 2.51. The van der Waals surface area contributed by atoms with Gasteiger partial charge in [-0.15, -0.1) is 0 Å². The first kappa shape index (κ1) is 30.6. The minimum atomic E-state index is -0.419. The van der Waals surface area contributed by atoms with E-state index in [-0.39, 0.29) is 0 Å². The summed E-state index contributed by atoms with van der Waals surface area (Å²) in [5.41, 5.74) is 18.4. The fourth-order valence-corrected chi connectivity index (χ4v) is 9.45. The Bertz CT molecular complexity index is 2810. The van der Waals surface area contributed by atoms with Crippen LogP contribution in [0.1, 0.15) is 22.3 Å². The zero-order valence-electron chi connectivity index (χ0n) is 29.7. The SMILES string of the molecule is c1ccc(-c2ccccc2N(c2ccc(-c3cccc4ccccc34)cc2)c2ccc3c(c2)C2(c4ccccc4-c4ccccc42)c2ccccc2-3)cc1. The second-order valence-corrected chi connectivity index (χ2v) is 14.4. The highest BCUT2D eigenvalue weighted by Gasteiger charge is 2.51. The minimum absolute atomic E-state index is 0.419. The summed E-state index contributed by atoms with van der Waals surface area (Å²) in [6, 6.07) is 78.2. The van der Waals surface area contributed by atoms with Crippen LogP contribution in [0.2, 0.25) is 0 Å². The van der Waals surface area contributed by atoms with Crippen molar-refractivity contribution in [2.24, 2.45) is 0 Å². The molecule has 0 aliphatic heterocycles. The average Bonchev–Trinajstić information content (AvgIpc) is 3.72. The van der Waals surface area contributed by atoms with Crippen LogP contribution in [-0.4, -0.2) is 0 Å². The zero-order chi connectivity index (χ0) is 35.6. The van der Waals surface area contributed by atoms with Gasteiger partial charge in [0.2, 0.25) is 0 Å². The van der Waals surface area contributed by atoms with E-state index in [0.717, 1.165) is 17.1 Å². The largest absolute Gasteiger partial charge is 0.310 e. The Morgan fingerprint density at radius 1 is 0.296 bits per heavy atom. The second kappa shape index (κ2) is 12.0. The van der Waals surface area contributed by atoms with E-state index in [0.29, 0.717) is 0 Å². The van der Waals surface area contributed by atoms with E-state index < -0.39 is 5.41 Å². The topological polar surface area (TPSA) is 3.24 Å². The van der Waals surface area contributed by atoms with Crippen molar-refractivity contribution in [2.45, 2.75) is 5.41 Å². The molecule has 0 bridgehead atoms. The Kier molecular flexibility index (Phi) is 6.84. The second-order valence-electron chi connectivity index (χ2n) is 14.4. The summed E-state index contributed by atoms with van der Waals surface area (Å²) in [5.74, 6) is 0. The van der Waals surface area contributed by atoms with Crippen molar-refractivity contribution in [2.75, 3.05) is 4.90 Å². The maximum absolute atomic E-state index is 2.48. The molecule has 0 atom stereocenters. The first-order valence-corrected chi connectivity index (χ1v) is 18.8. The number of hydrogen-bond donors (Lipinski definition) is 0. The van der Waals surface area contributed by atoms with E-state index in [1.165, 1.54) is 77.5 Å². The van der Waals surface area contributed by atoms with Gasteiger partial charge in [0.25, 0.3) is 0 Å².